The molecule has 3 rings (SSSR count). The zero-order chi connectivity index (χ0) is 22.8. The first-order valence-electron chi connectivity index (χ1n) is 11.5. The molecule has 1 fully saturated rings. The number of rotatable bonds is 11. The van der Waals surface area contributed by atoms with Crippen molar-refractivity contribution in [1.82, 2.24) is 9.80 Å². The lowest BCUT2D eigenvalue weighted by atomic mass is 10.1. The van der Waals surface area contributed by atoms with Crippen molar-refractivity contribution >= 4 is 11.7 Å². The van der Waals surface area contributed by atoms with Gasteiger partial charge in [-0.1, -0.05) is 30.3 Å². The molecule has 1 aliphatic rings. The third-order valence-corrected chi connectivity index (χ3v) is 5.73. The summed E-state index contributed by atoms with van der Waals surface area (Å²) in [6, 6.07) is 17.2. The summed E-state index contributed by atoms with van der Waals surface area (Å²) in [4.78, 5) is 30.1. The highest BCUT2D eigenvalue weighted by Gasteiger charge is 2.24. The zero-order valence-corrected chi connectivity index (χ0v) is 19.2. The zero-order valence-electron chi connectivity index (χ0n) is 19.2. The van der Waals surface area contributed by atoms with Gasteiger partial charge in [-0.15, -0.1) is 0 Å². The average Bonchev–Trinajstić information content (AvgIpc) is 2.82. The minimum atomic E-state index is -0.0260. The summed E-state index contributed by atoms with van der Waals surface area (Å²) in [5, 5.41) is 0. The normalized spacial score (nSPS) is 15.2. The molecule has 1 unspecified atom stereocenters. The Morgan fingerprint density at radius 2 is 1.72 bits per heavy atom. The Labute approximate surface area is 191 Å². The highest BCUT2D eigenvalue weighted by atomic mass is 16.5. The Morgan fingerprint density at radius 3 is 2.38 bits per heavy atom. The van der Waals surface area contributed by atoms with Gasteiger partial charge in [0.25, 0.3) is 0 Å². The molecule has 32 heavy (non-hydrogen) atoms. The smallest absolute Gasteiger partial charge is 0.223 e. The van der Waals surface area contributed by atoms with Crippen LogP contribution in [0.25, 0.3) is 0 Å². The number of carbonyl (C=O) groups is 2. The molecule has 1 amide bonds. The molecule has 0 spiro atoms. The van der Waals surface area contributed by atoms with E-state index < -0.39 is 0 Å². The molecule has 0 radical (unpaired) electrons. The molecule has 1 aliphatic heterocycles. The van der Waals surface area contributed by atoms with Crippen molar-refractivity contribution in [1.29, 1.82) is 0 Å². The number of carbonyl (C=O) groups excluding carboxylic acids is 2. The van der Waals surface area contributed by atoms with E-state index in [4.69, 9.17) is 9.47 Å². The first-order valence-corrected chi connectivity index (χ1v) is 11.5. The van der Waals surface area contributed by atoms with Crippen molar-refractivity contribution in [3.8, 4) is 5.75 Å². The van der Waals surface area contributed by atoms with E-state index in [2.05, 4.69) is 11.8 Å². The van der Waals surface area contributed by atoms with E-state index in [9.17, 15) is 9.59 Å². The molecule has 6 nitrogen and oxygen atoms in total. The van der Waals surface area contributed by atoms with Crippen molar-refractivity contribution < 1.29 is 19.1 Å². The van der Waals surface area contributed by atoms with Crippen molar-refractivity contribution in [3.63, 3.8) is 0 Å². The van der Waals surface area contributed by atoms with Crippen molar-refractivity contribution in [3.05, 3.63) is 65.7 Å². The van der Waals surface area contributed by atoms with E-state index in [1.165, 1.54) is 0 Å². The molecule has 0 saturated carbocycles. The Hall–Kier alpha value is -2.70. The maximum atomic E-state index is 13.2. The van der Waals surface area contributed by atoms with Crippen LogP contribution in [0.15, 0.2) is 54.6 Å². The summed E-state index contributed by atoms with van der Waals surface area (Å²) in [5.41, 5.74) is 1.70. The van der Waals surface area contributed by atoms with E-state index >= 15 is 0 Å². The number of nitrogens with zero attached hydrogens (tertiary/aromatic N) is 2. The molecule has 1 saturated heterocycles. The Kier molecular flexibility index (Phi) is 9.26. The molecular weight excluding hydrogens is 404 g/mol. The number of Topliss-reactive ketones (excluding diaryl/α,β-unsaturated/α-hetero) is 1. The van der Waals surface area contributed by atoms with Gasteiger partial charge in [-0.3, -0.25) is 14.5 Å². The van der Waals surface area contributed by atoms with Crippen LogP contribution in [0.3, 0.4) is 0 Å². The third kappa shape index (κ3) is 7.18. The largest absolute Gasteiger partial charge is 0.494 e. The van der Waals surface area contributed by atoms with Gasteiger partial charge >= 0.3 is 0 Å². The van der Waals surface area contributed by atoms with Crippen LogP contribution < -0.4 is 4.74 Å². The van der Waals surface area contributed by atoms with E-state index in [0.717, 1.165) is 44.2 Å². The predicted octanol–water partition coefficient (Wildman–Crippen LogP) is 3.80. The number of ether oxygens (including phenoxy) is 2. The molecule has 2 aromatic carbocycles. The van der Waals surface area contributed by atoms with Crippen LogP contribution in [0.1, 0.15) is 42.6 Å². The van der Waals surface area contributed by atoms with Crippen LogP contribution in [0.4, 0.5) is 0 Å². The Morgan fingerprint density at radius 1 is 1.03 bits per heavy atom. The van der Waals surface area contributed by atoms with Gasteiger partial charge < -0.3 is 14.4 Å². The van der Waals surface area contributed by atoms with Crippen LogP contribution in [-0.4, -0.2) is 67.0 Å². The van der Waals surface area contributed by atoms with Gasteiger partial charge in [0.2, 0.25) is 5.91 Å². The lowest BCUT2D eigenvalue weighted by molar-refractivity contribution is -0.134. The monoisotopic (exact) mass is 438 g/mol. The summed E-state index contributed by atoms with van der Waals surface area (Å²) in [6.07, 6.45) is 0.398. The lowest BCUT2D eigenvalue weighted by Gasteiger charge is -2.35. The predicted molar refractivity (Wildman–Crippen MR) is 125 cm³/mol. The summed E-state index contributed by atoms with van der Waals surface area (Å²) in [7, 11) is 0. The Bertz CT molecular complexity index is 848. The van der Waals surface area contributed by atoms with Gasteiger partial charge in [0.1, 0.15) is 5.75 Å². The number of morpholine rings is 1. The maximum absolute atomic E-state index is 13.2. The number of hydrogen-bond acceptors (Lipinski definition) is 5. The van der Waals surface area contributed by atoms with Gasteiger partial charge in [0.15, 0.2) is 5.78 Å². The third-order valence-electron chi connectivity index (χ3n) is 5.73. The SMILES string of the molecule is CCOc1ccc(C(=O)CCC(=O)N(Cc2ccccc2)C(C)CN2CCOCC2)cc1. The van der Waals surface area contributed by atoms with Crippen LogP contribution in [0.2, 0.25) is 0 Å². The van der Waals surface area contributed by atoms with Gasteiger partial charge in [0, 0.05) is 50.6 Å². The van der Waals surface area contributed by atoms with Gasteiger partial charge in [-0.05, 0) is 43.7 Å². The lowest BCUT2D eigenvalue weighted by Crippen LogP contribution is -2.48. The van der Waals surface area contributed by atoms with E-state index in [1.54, 1.807) is 24.3 Å². The second kappa shape index (κ2) is 12.4. The van der Waals surface area contributed by atoms with Crippen LogP contribution in [0.5, 0.6) is 5.75 Å². The average molecular weight is 439 g/mol. The van der Waals surface area contributed by atoms with Crippen molar-refractivity contribution in [2.75, 3.05) is 39.5 Å². The van der Waals surface area contributed by atoms with E-state index in [1.807, 2.05) is 42.2 Å². The van der Waals surface area contributed by atoms with Gasteiger partial charge in [-0.2, -0.15) is 0 Å². The molecule has 6 heteroatoms. The summed E-state index contributed by atoms with van der Waals surface area (Å²) in [5.74, 6) is 0.724. The second-order valence-electron chi connectivity index (χ2n) is 8.15. The first kappa shape index (κ1) is 24.0. The van der Waals surface area contributed by atoms with E-state index in [0.29, 0.717) is 18.7 Å². The Balaban J connectivity index is 1.62. The van der Waals surface area contributed by atoms with Crippen molar-refractivity contribution in [2.45, 2.75) is 39.3 Å². The number of hydrogen-bond donors (Lipinski definition) is 0. The summed E-state index contributed by atoms with van der Waals surface area (Å²) >= 11 is 0. The van der Waals surface area contributed by atoms with Crippen LogP contribution >= 0.6 is 0 Å². The van der Waals surface area contributed by atoms with Gasteiger partial charge in [-0.25, -0.2) is 0 Å². The standard InChI is InChI=1S/C26H34N2O4/c1-3-32-24-11-9-23(10-12-24)25(29)13-14-26(30)28(20-22-7-5-4-6-8-22)21(2)19-27-15-17-31-18-16-27/h4-12,21H,3,13-20H2,1-2H3. The molecule has 172 valence electrons. The summed E-state index contributed by atoms with van der Waals surface area (Å²) < 4.78 is 10.9. The van der Waals surface area contributed by atoms with Crippen LogP contribution in [-0.2, 0) is 16.1 Å². The second-order valence-corrected chi connectivity index (χ2v) is 8.15. The van der Waals surface area contributed by atoms with Crippen molar-refractivity contribution in [2.24, 2.45) is 0 Å². The first-order chi connectivity index (χ1) is 15.6. The minimum absolute atomic E-state index is 0.00824. The molecule has 0 aliphatic carbocycles. The number of benzene rings is 2. The van der Waals surface area contributed by atoms with Gasteiger partial charge in [0.05, 0.1) is 19.8 Å². The molecule has 0 aromatic heterocycles. The molecule has 1 atom stereocenters. The topological polar surface area (TPSA) is 59.1 Å². The number of amides is 1. The van der Waals surface area contributed by atoms with E-state index in [-0.39, 0.29) is 30.6 Å². The fourth-order valence-electron chi connectivity index (χ4n) is 3.94. The fraction of sp³-hybridized carbons (Fsp3) is 0.462. The molecular formula is C26H34N2O4. The van der Waals surface area contributed by atoms with Crippen LogP contribution in [0, 0.1) is 0 Å². The molecule has 0 N–H and O–H groups in total. The molecule has 1 heterocycles. The summed E-state index contributed by atoms with van der Waals surface area (Å²) in [6.45, 7) is 9.17. The quantitative estimate of drug-likeness (QED) is 0.500. The number of ketones is 1. The molecule has 0 bridgehead atoms. The molecule has 2 aromatic rings. The maximum Gasteiger partial charge on any atom is 0.223 e. The highest BCUT2D eigenvalue weighted by Crippen LogP contribution is 2.17. The fourth-order valence-corrected chi connectivity index (χ4v) is 3.94. The minimum Gasteiger partial charge on any atom is -0.494 e. The highest BCUT2D eigenvalue weighted by molar-refractivity contribution is 5.98.